The lowest BCUT2D eigenvalue weighted by Crippen LogP contribution is -2.39. The number of para-hydroxylation sites is 2. The Morgan fingerprint density at radius 3 is 2.83 bits per heavy atom. The van der Waals surface area contributed by atoms with Gasteiger partial charge in [-0.3, -0.25) is 9.59 Å². The number of amides is 1. The van der Waals surface area contributed by atoms with Gasteiger partial charge in [-0.15, -0.1) is 0 Å². The summed E-state index contributed by atoms with van der Waals surface area (Å²) in [4.78, 5) is 33.7. The van der Waals surface area contributed by atoms with Crippen molar-refractivity contribution in [1.29, 1.82) is 0 Å². The molecule has 0 spiro atoms. The second-order valence-corrected chi connectivity index (χ2v) is 5.96. The molecule has 1 aliphatic rings. The predicted molar refractivity (Wildman–Crippen MR) is 88.6 cm³/mol. The average molecular weight is 323 g/mol. The van der Waals surface area contributed by atoms with Gasteiger partial charge in [0.25, 0.3) is 11.5 Å². The number of hydrogen-bond donors (Lipinski definition) is 2. The fourth-order valence-corrected chi connectivity index (χ4v) is 3.20. The molecule has 3 aromatic rings. The molecule has 0 bridgehead atoms. The van der Waals surface area contributed by atoms with E-state index in [4.69, 9.17) is 0 Å². The molecule has 1 unspecified atom stereocenters. The molecular formula is C17H17N5O2. The second kappa shape index (κ2) is 5.92. The molecule has 1 amide bonds. The minimum atomic E-state index is -0.320. The molecule has 1 fully saturated rings. The lowest BCUT2D eigenvalue weighted by molar-refractivity contribution is 0.0594. The zero-order valence-electron chi connectivity index (χ0n) is 13.0. The quantitative estimate of drug-likeness (QED) is 0.754. The maximum absolute atomic E-state index is 12.8. The van der Waals surface area contributed by atoms with Crippen LogP contribution < -0.4 is 5.56 Å². The van der Waals surface area contributed by atoms with Crippen molar-refractivity contribution in [2.45, 2.75) is 25.3 Å². The van der Waals surface area contributed by atoms with Gasteiger partial charge in [-0.1, -0.05) is 12.1 Å². The number of carbonyl (C=O) groups excluding carboxylic acids is 1. The van der Waals surface area contributed by atoms with Crippen LogP contribution in [0.15, 0.2) is 41.2 Å². The summed E-state index contributed by atoms with van der Waals surface area (Å²) in [6, 6.07) is 10.5. The third-order valence-electron chi connectivity index (χ3n) is 4.39. The second-order valence-electron chi connectivity index (χ2n) is 5.96. The van der Waals surface area contributed by atoms with Gasteiger partial charge in [0.15, 0.2) is 0 Å². The van der Waals surface area contributed by atoms with Crippen LogP contribution in [0.3, 0.4) is 0 Å². The highest BCUT2D eigenvalue weighted by atomic mass is 16.2. The Kier molecular flexibility index (Phi) is 3.60. The lowest BCUT2D eigenvalue weighted by Gasteiger charge is -2.34. The number of fused-ring (bicyclic) bond motifs is 1. The van der Waals surface area contributed by atoms with Crippen LogP contribution in [0, 0.1) is 0 Å². The van der Waals surface area contributed by atoms with E-state index < -0.39 is 0 Å². The molecule has 0 radical (unpaired) electrons. The summed E-state index contributed by atoms with van der Waals surface area (Å²) >= 11 is 0. The van der Waals surface area contributed by atoms with Crippen molar-refractivity contribution in [3.8, 4) is 0 Å². The molecule has 2 N–H and O–H groups in total. The van der Waals surface area contributed by atoms with Crippen LogP contribution in [0.5, 0.6) is 0 Å². The average Bonchev–Trinajstić information content (AvgIpc) is 3.06. The van der Waals surface area contributed by atoms with Gasteiger partial charge in [-0.25, -0.2) is 10.1 Å². The third kappa shape index (κ3) is 2.58. The standard InChI is InChI=1S/C17H17N5O2/c23-15-9-8-13(20-21-15)17(24)22-10-4-3-7-14(22)16-18-11-5-1-2-6-12(11)19-16/h1-2,5-6,8-9,14H,3-4,7,10H2,(H,18,19)(H,21,23). The Balaban J connectivity index is 1.68. The van der Waals surface area contributed by atoms with E-state index in [0.29, 0.717) is 6.54 Å². The van der Waals surface area contributed by atoms with Crippen molar-refractivity contribution < 1.29 is 4.79 Å². The van der Waals surface area contributed by atoms with E-state index in [9.17, 15) is 9.59 Å². The maximum Gasteiger partial charge on any atom is 0.274 e. The van der Waals surface area contributed by atoms with Gasteiger partial charge in [0.05, 0.1) is 17.1 Å². The monoisotopic (exact) mass is 323 g/mol. The first-order valence-electron chi connectivity index (χ1n) is 8.04. The van der Waals surface area contributed by atoms with Gasteiger partial charge in [0.1, 0.15) is 11.5 Å². The molecule has 7 nitrogen and oxygen atoms in total. The van der Waals surface area contributed by atoms with E-state index >= 15 is 0 Å². The fraction of sp³-hybridized carbons (Fsp3) is 0.294. The number of hydrogen-bond acceptors (Lipinski definition) is 4. The highest BCUT2D eigenvalue weighted by molar-refractivity contribution is 5.92. The minimum Gasteiger partial charge on any atom is -0.340 e. The van der Waals surface area contributed by atoms with E-state index in [-0.39, 0.29) is 23.2 Å². The predicted octanol–water partition coefficient (Wildman–Crippen LogP) is 2.01. The number of aromatic amines is 2. The summed E-state index contributed by atoms with van der Waals surface area (Å²) in [5, 5.41) is 6.18. The van der Waals surface area contributed by atoms with E-state index in [1.165, 1.54) is 12.1 Å². The molecule has 122 valence electrons. The summed E-state index contributed by atoms with van der Waals surface area (Å²) in [6.45, 7) is 0.654. The van der Waals surface area contributed by atoms with Gasteiger partial charge < -0.3 is 9.88 Å². The number of imidazole rings is 1. The number of piperidine rings is 1. The molecule has 0 aliphatic carbocycles. The highest BCUT2D eigenvalue weighted by Crippen LogP contribution is 2.31. The van der Waals surface area contributed by atoms with Crippen molar-refractivity contribution in [3.63, 3.8) is 0 Å². The number of nitrogens with zero attached hydrogens (tertiary/aromatic N) is 3. The largest absolute Gasteiger partial charge is 0.340 e. The first-order chi connectivity index (χ1) is 11.7. The van der Waals surface area contributed by atoms with E-state index in [0.717, 1.165) is 36.1 Å². The Labute approximate surface area is 137 Å². The SMILES string of the molecule is O=C(c1ccc(=O)[nH]n1)N1CCCCC1c1nc2ccccc2[nH]1. The summed E-state index contributed by atoms with van der Waals surface area (Å²) in [5.41, 5.74) is 1.79. The number of benzene rings is 1. The number of H-pyrrole nitrogens is 2. The fourth-order valence-electron chi connectivity index (χ4n) is 3.20. The van der Waals surface area contributed by atoms with Gasteiger partial charge in [0, 0.05) is 12.6 Å². The van der Waals surface area contributed by atoms with Gasteiger partial charge in [-0.2, -0.15) is 5.10 Å². The van der Waals surface area contributed by atoms with E-state index in [2.05, 4.69) is 20.2 Å². The molecular weight excluding hydrogens is 306 g/mol. The number of likely N-dealkylation sites (tertiary alicyclic amines) is 1. The Bertz CT molecular complexity index is 892. The van der Waals surface area contributed by atoms with Gasteiger partial charge in [-0.05, 0) is 37.5 Å². The molecule has 7 heteroatoms. The Hall–Kier alpha value is -2.96. The third-order valence-corrected chi connectivity index (χ3v) is 4.39. The molecule has 2 aromatic heterocycles. The topological polar surface area (TPSA) is 94.7 Å². The zero-order valence-corrected chi connectivity index (χ0v) is 13.0. The normalized spacial score (nSPS) is 18.0. The van der Waals surface area contributed by atoms with Crippen LogP contribution >= 0.6 is 0 Å². The zero-order chi connectivity index (χ0) is 16.5. The minimum absolute atomic E-state index is 0.104. The van der Waals surface area contributed by atoms with Crippen LogP contribution in [-0.2, 0) is 0 Å². The van der Waals surface area contributed by atoms with Crippen LogP contribution in [0.4, 0.5) is 0 Å². The first kappa shape index (κ1) is 14.6. The number of aromatic nitrogens is 4. The van der Waals surface area contributed by atoms with Gasteiger partial charge in [0.2, 0.25) is 0 Å². The van der Waals surface area contributed by atoms with Crippen LogP contribution in [-0.4, -0.2) is 37.5 Å². The molecule has 1 aromatic carbocycles. The first-order valence-corrected chi connectivity index (χ1v) is 8.04. The lowest BCUT2D eigenvalue weighted by atomic mass is 10.0. The molecule has 4 rings (SSSR count). The molecule has 3 heterocycles. The summed E-state index contributed by atoms with van der Waals surface area (Å²) < 4.78 is 0. The van der Waals surface area contributed by atoms with E-state index in [1.807, 2.05) is 24.3 Å². The van der Waals surface area contributed by atoms with Gasteiger partial charge >= 0.3 is 0 Å². The number of carbonyl (C=O) groups is 1. The molecule has 1 saturated heterocycles. The molecule has 1 aliphatic heterocycles. The van der Waals surface area contributed by atoms with Crippen LogP contribution in [0.1, 0.15) is 41.6 Å². The van der Waals surface area contributed by atoms with Crippen molar-refractivity contribution in [2.75, 3.05) is 6.54 Å². The molecule has 1 atom stereocenters. The Morgan fingerprint density at radius 1 is 1.17 bits per heavy atom. The van der Waals surface area contributed by atoms with Crippen molar-refractivity contribution in [1.82, 2.24) is 25.1 Å². The smallest absolute Gasteiger partial charge is 0.274 e. The summed E-state index contributed by atoms with van der Waals surface area (Å²) in [7, 11) is 0. The summed E-state index contributed by atoms with van der Waals surface area (Å²) in [5.74, 6) is 0.616. The summed E-state index contributed by atoms with van der Waals surface area (Å²) in [6.07, 6.45) is 2.85. The maximum atomic E-state index is 12.8. The van der Waals surface area contributed by atoms with Crippen LogP contribution in [0.25, 0.3) is 11.0 Å². The van der Waals surface area contributed by atoms with Crippen molar-refractivity contribution in [2.24, 2.45) is 0 Å². The molecule has 0 saturated carbocycles. The van der Waals surface area contributed by atoms with E-state index in [1.54, 1.807) is 4.90 Å². The number of rotatable bonds is 2. The van der Waals surface area contributed by atoms with Crippen LogP contribution in [0.2, 0.25) is 0 Å². The highest BCUT2D eigenvalue weighted by Gasteiger charge is 2.31. The Morgan fingerprint density at radius 2 is 2.04 bits per heavy atom. The van der Waals surface area contributed by atoms with Crippen molar-refractivity contribution >= 4 is 16.9 Å². The molecule has 24 heavy (non-hydrogen) atoms. The van der Waals surface area contributed by atoms with Crippen molar-refractivity contribution in [3.05, 3.63) is 58.3 Å². The number of nitrogens with one attached hydrogen (secondary N) is 2.